The normalized spacial score (nSPS) is 21.3. The van der Waals surface area contributed by atoms with Crippen LogP contribution in [0.5, 0.6) is 11.5 Å². The molecule has 1 amide bonds. The van der Waals surface area contributed by atoms with Gasteiger partial charge in [0.2, 0.25) is 0 Å². The summed E-state index contributed by atoms with van der Waals surface area (Å²) in [6.07, 6.45) is 5.94. The van der Waals surface area contributed by atoms with E-state index in [1.54, 1.807) is 6.07 Å². The number of carbonyl (C=O) groups is 2. The number of carboxylic acids is 1. The van der Waals surface area contributed by atoms with Crippen molar-refractivity contribution in [1.29, 1.82) is 0 Å². The summed E-state index contributed by atoms with van der Waals surface area (Å²) in [5.74, 6) is -0.308. The molecule has 1 aliphatic carbocycles. The third-order valence-corrected chi connectivity index (χ3v) is 7.09. The number of aliphatic carboxylic acids is 1. The van der Waals surface area contributed by atoms with E-state index in [1.165, 1.54) is 4.90 Å². The fourth-order valence-electron chi connectivity index (χ4n) is 5.37. The van der Waals surface area contributed by atoms with Crippen molar-refractivity contribution in [3.05, 3.63) is 33.2 Å². The van der Waals surface area contributed by atoms with Crippen LogP contribution in [0.3, 0.4) is 0 Å². The molecule has 1 N–H and O–H groups in total. The molecule has 8 heteroatoms. The Labute approximate surface area is 191 Å². The smallest absolute Gasteiger partial charge is 0.339 e. The lowest BCUT2D eigenvalue weighted by Gasteiger charge is -2.33. The van der Waals surface area contributed by atoms with E-state index in [1.807, 2.05) is 13.8 Å². The Bertz CT molecular complexity index is 1200. The van der Waals surface area contributed by atoms with Gasteiger partial charge in [-0.15, -0.1) is 0 Å². The predicted molar refractivity (Wildman–Crippen MR) is 120 cm³/mol. The van der Waals surface area contributed by atoms with Crippen LogP contribution in [0.15, 0.2) is 15.3 Å². The Kier molecular flexibility index (Phi) is 5.34. The molecular formula is C25H29NO7. The van der Waals surface area contributed by atoms with E-state index in [0.717, 1.165) is 42.2 Å². The van der Waals surface area contributed by atoms with Gasteiger partial charge in [-0.1, -0.05) is 0 Å². The second-order valence-electron chi connectivity index (χ2n) is 9.84. The van der Waals surface area contributed by atoms with Crippen molar-refractivity contribution < 1.29 is 28.6 Å². The molecule has 8 nitrogen and oxygen atoms in total. The highest BCUT2D eigenvalue weighted by atomic mass is 16.5. The third-order valence-electron chi connectivity index (χ3n) is 7.09. The molecule has 5 rings (SSSR count). The Morgan fingerprint density at radius 1 is 1.15 bits per heavy atom. The highest BCUT2D eigenvalue weighted by Crippen LogP contribution is 2.44. The number of hydrogen-bond acceptors (Lipinski definition) is 6. The molecule has 2 aliphatic heterocycles. The van der Waals surface area contributed by atoms with Crippen LogP contribution < -0.4 is 15.1 Å². The van der Waals surface area contributed by atoms with Gasteiger partial charge >= 0.3 is 11.6 Å². The summed E-state index contributed by atoms with van der Waals surface area (Å²) in [4.78, 5) is 38.5. The molecular weight excluding hydrogens is 426 g/mol. The first-order chi connectivity index (χ1) is 15.7. The number of ether oxygens (including phenoxy) is 2. The number of carboxylic acid groups (broad SMARTS) is 1. The number of rotatable bonds is 4. The predicted octanol–water partition coefficient (Wildman–Crippen LogP) is 3.23. The molecule has 0 unspecified atom stereocenters. The zero-order valence-corrected chi connectivity index (χ0v) is 19.1. The van der Waals surface area contributed by atoms with Gasteiger partial charge in [0, 0.05) is 23.7 Å². The molecule has 2 aromatic rings. The van der Waals surface area contributed by atoms with Crippen molar-refractivity contribution in [2.24, 2.45) is 0 Å². The third kappa shape index (κ3) is 3.85. The first-order valence-electron chi connectivity index (χ1n) is 11.7. The van der Waals surface area contributed by atoms with Gasteiger partial charge < -0.3 is 23.9 Å². The van der Waals surface area contributed by atoms with E-state index < -0.39 is 12.0 Å². The van der Waals surface area contributed by atoms with Crippen LogP contribution in [-0.4, -0.2) is 46.7 Å². The molecule has 0 spiro atoms. The number of nitrogens with zero attached hydrogens (tertiary/aromatic N) is 1. The van der Waals surface area contributed by atoms with E-state index in [4.69, 9.17) is 13.9 Å². The zero-order chi connectivity index (χ0) is 23.3. The van der Waals surface area contributed by atoms with Crippen LogP contribution in [0.1, 0.15) is 62.6 Å². The fraction of sp³-hybridized carbons (Fsp3) is 0.560. The second-order valence-corrected chi connectivity index (χ2v) is 9.84. The Morgan fingerprint density at radius 3 is 2.67 bits per heavy atom. The van der Waals surface area contributed by atoms with Crippen molar-refractivity contribution in [2.45, 2.75) is 76.9 Å². The van der Waals surface area contributed by atoms with Crippen LogP contribution in [0, 0.1) is 0 Å². The summed E-state index contributed by atoms with van der Waals surface area (Å²) in [6, 6.07) is 0.996. The molecule has 1 atom stereocenters. The van der Waals surface area contributed by atoms with Crippen molar-refractivity contribution in [1.82, 2.24) is 4.90 Å². The topological polar surface area (TPSA) is 106 Å². The maximum Gasteiger partial charge on any atom is 0.339 e. The summed E-state index contributed by atoms with van der Waals surface area (Å²) < 4.78 is 18.1. The SMILES string of the molecule is CC1(C)CCc2c(cc(OCC(=O)N3CCC[C@H]3C(=O)O)c3c4c(c(=O)oc23)CCCC4)O1. The molecule has 1 saturated heterocycles. The highest BCUT2D eigenvalue weighted by Gasteiger charge is 2.35. The van der Waals surface area contributed by atoms with Crippen LogP contribution in [0.25, 0.3) is 11.0 Å². The molecule has 1 fully saturated rings. The quantitative estimate of drug-likeness (QED) is 0.706. The maximum atomic E-state index is 12.8. The van der Waals surface area contributed by atoms with Crippen molar-refractivity contribution >= 4 is 22.8 Å². The average molecular weight is 456 g/mol. The molecule has 176 valence electrons. The number of benzene rings is 1. The molecule has 3 aliphatic rings. The summed E-state index contributed by atoms with van der Waals surface area (Å²) in [7, 11) is 0. The van der Waals surface area contributed by atoms with Crippen molar-refractivity contribution in [2.75, 3.05) is 13.2 Å². The minimum atomic E-state index is -0.994. The average Bonchev–Trinajstić information content (AvgIpc) is 3.27. The van der Waals surface area contributed by atoms with Crippen LogP contribution in [0.4, 0.5) is 0 Å². The van der Waals surface area contributed by atoms with Crippen molar-refractivity contribution in [3.8, 4) is 11.5 Å². The Balaban J connectivity index is 1.57. The second kappa shape index (κ2) is 8.08. The minimum Gasteiger partial charge on any atom is -0.487 e. The van der Waals surface area contributed by atoms with Crippen LogP contribution >= 0.6 is 0 Å². The largest absolute Gasteiger partial charge is 0.487 e. The maximum absolute atomic E-state index is 12.8. The molecule has 1 aromatic heterocycles. The van der Waals surface area contributed by atoms with E-state index in [-0.39, 0.29) is 23.7 Å². The Hall–Kier alpha value is -3.03. The number of likely N-dealkylation sites (tertiary alicyclic amines) is 1. The number of hydrogen-bond donors (Lipinski definition) is 1. The number of fused-ring (bicyclic) bond motifs is 5. The first-order valence-corrected chi connectivity index (χ1v) is 11.7. The number of aryl methyl sites for hydroxylation is 2. The van der Waals surface area contributed by atoms with Gasteiger partial charge in [0.1, 0.15) is 28.7 Å². The van der Waals surface area contributed by atoms with E-state index >= 15 is 0 Å². The van der Waals surface area contributed by atoms with Crippen molar-refractivity contribution in [3.63, 3.8) is 0 Å². The summed E-state index contributed by atoms with van der Waals surface area (Å²) in [5, 5.41) is 10.2. The van der Waals surface area contributed by atoms with Gasteiger partial charge in [0.05, 0.1) is 5.39 Å². The fourth-order valence-corrected chi connectivity index (χ4v) is 5.37. The first kappa shape index (κ1) is 21.8. The molecule has 3 heterocycles. The van der Waals surface area contributed by atoms with Gasteiger partial charge in [0.25, 0.3) is 5.91 Å². The van der Waals surface area contributed by atoms with Crippen LogP contribution in [0.2, 0.25) is 0 Å². The van der Waals surface area contributed by atoms with E-state index in [0.29, 0.717) is 54.9 Å². The summed E-state index contributed by atoms with van der Waals surface area (Å²) in [6.45, 7) is 4.14. The molecule has 0 bridgehead atoms. The summed E-state index contributed by atoms with van der Waals surface area (Å²) >= 11 is 0. The minimum absolute atomic E-state index is 0.283. The van der Waals surface area contributed by atoms with Gasteiger partial charge in [-0.05, 0) is 70.8 Å². The van der Waals surface area contributed by atoms with Gasteiger partial charge in [-0.2, -0.15) is 0 Å². The van der Waals surface area contributed by atoms with Gasteiger partial charge in [-0.3, -0.25) is 4.79 Å². The zero-order valence-electron chi connectivity index (χ0n) is 19.1. The molecule has 33 heavy (non-hydrogen) atoms. The molecule has 1 aromatic carbocycles. The highest BCUT2D eigenvalue weighted by molar-refractivity contribution is 5.93. The van der Waals surface area contributed by atoms with E-state index in [9.17, 15) is 19.5 Å². The Morgan fingerprint density at radius 2 is 1.91 bits per heavy atom. The lowest BCUT2D eigenvalue weighted by atomic mass is 9.87. The van der Waals surface area contributed by atoms with E-state index in [2.05, 4.69) is 0 Å². The lowest BCUT2D eigenvalue weighted by Crippen LogP contribution is -2.42. The number of amides is 1. The van der Waals surface area contributed by atoms with Gasteiger partial charge in [-0.25, -0.2) is 9.59 Å². The van der Waals surface area contributed by atoms with Crippen LogP contribution in [-0.2, 0) is 28.9 Å². The monoisotopic (exact) mass is 455 g/mol. The number of carbonyl (C=O) groups excluding carboxylic acids is 1. The molecule has 0 saturated carbocycles. The summed E-state index contributed by atoms with van der Waals surface area (Å²) in [5.41, 5.74) is 2.30. The lowest BCUT2D eigenvalue weighted by molar-refractivity contribution is -0.148. The standard InChI is InChI=1S/C25H29NO7/c1-25(2)10-9-16-18(33-25)12-19(31-13-20(27)26-11-5-8-17(26)23(28)29)21-14-6-3-4-7-15(14)24(30)32-22(16)21/h12,17H,3-11,13H2,1-2H3,(H,28,29)/t17-/m0/s1. The molecule has 0 radical (unpaired) electrons. The van der Waals surface area contributed by atoms with Gasteiger partial charge in [0.15, 0.2) is 6.61 Å².